The molecule has 0 saturated carbocycles. The fraction of sp³-hybridized carbons (Fsp3) is 0.500. The minimum atomic E-state index is 0.115. The third kappa shape index (κ3) is 2.93. The van der Waals surface area contributed by atoms with Gasteiger partial charge in [-0.3, -0.25) is 4.79 Å². The smallest absolute Gasteiger partial charge is 0.255 e. The van der Waals surface area contributed by atoms with Crippen molar-refractivity contribution in [1.82, 2.24) is 4.90 Å². The minimum Gasteiger partial charge on any atom is -0.384 e. The van der Waals surface area contributed by atoms with Gasteiger partial charge in [0.1, 0.15) is 0 Å². The number of methoxy groups -OCH3 is 1. The Morgan fingerprint density at radius 1 is 1.56 bits per heavy atom. The number of amides is 1. The van der Waals surface area contributed by atoms with Crippen molar-refractivity contribution in [3.8, 4) is 0 Å². The average molecular weight is 312 g/mol. The lowest BCUT2D eigenvalue weighted by Crippen LogP contribution is -2.29. The van der Waals surface area contributed by atoms with E-state index < -0.39 is 0 Å². The maximum atomic E-state index is 12.4. The van der Waals surface area contributed by atoms with Crippen LogP contribution >= 0.6 is 15.9 Å². The van der Waals surface area contributed by atoms with Gasteiger partial charge in [-0.15, -0.1) is 0 Å². The molecule has 18 heavy (non-hydrogen) atoms. The monoisotopic (exact) mass is 311 g/mol. The summed E-state index contributed by atoms with van der Waals surface area (Å²) in [6.45, 7) is 4.36. The zero-order chi connectivity index (χ0) is 13.1. The summed E-state index contributed by atoms with van der Waals surface area (Å²) in [6.07, 6.45) is 1.03. The number of rotatable bonds is 3. The van der Waals surface area contributed by atoms with Gasteiger partial charge in [0.15, 0.2) is 0 Å². The predicted octanol–water partition coefficient (Wildman–Crippen LogP) is 2.87. The van der Waals surface area contributed by atoms with Crippen LogP contribution in [0.1, 0.15) is 22.3 Å². The molecule has 1 amide bonds. The van der Waals surface area contributed by atoms with Gasteiger partial charge in [-0.2, -0.15) is 0 Å². The Kier molecular flexibility index (Phi) is 4.40. The summed E-state index contributed by atoms with van der Waals surface area (Å²) >= 11 is 3.45. The van der Waals surface area contributed by atoms with E-state index in [1.165, 1.54) is 0 Å². The topological polar surface area (TPSA) is 29.5 Å². The first-order chi connectivity index (χ1) is 8.61. The Morgan fingerprint density at radius 2 is 2.33 bits per heavy atom. The first-order valence-corrected chi connectivity index (χ1v) is 6.95. The van der Waals surface area contributed by atoms with Gasteiger partial charge in [0.25, 0.3) is 5.91 Å². The van der Waals surface area contributed by atoms with Crippen LogP contribution < -0.4 is 0 Å². The fourth-order valence-corrected chi connectivity index (χ4v) is 2.78. The first-order valence-electron chi connectivity index (χ1n) is 6.16. The third-order valence-electron chi connectivity index (χ3n) is 3.33. The van der Waals surface area contributed by atoms with Crippen LogP contribution in [0.3, 0.4) is 0 Å². The Morgan fingerprint density at radius 3 is 3.06 bits per heavy atom. The SMILES string of the molecule is COCC1CCN(C(=O)c2cc(C)ccc2Br)C1. The van der Waals surface area contributed by atoms with Crippen molar-refractivity contribution in [2.45, 2.75) is 13.3 Å². The molecule has 0 spiro atoms. The molecular weight excluding hydrogens is 294 g/mol. The van der Waals surface area contributed by atoms with E-state index in [1.807, 2.05) is 30.0 Å². The normalized spacial score (nSPS) is 19.3. The average Bonchev–Trinajstić information content (AvgIpc) is 2.80. The van der Waals surface area contributed by atoms with E-state index in [1.54, 1.807) is 7.11 Å². The van der Waals surface area contributed by atoms with Gasteiger partial charge in [0.2, 0.25) is 0 Å². The highest BCUT2D eigenvalue weighted by Gasteiger charge is 2.27. The Labute approximate surface area is 116 Å². The number of nitrogens with zero attached hydrogens (tertiary/aromatic N) is 1. The summed E-state index contributed by atoms with van der Waals surface area (Å²) in [5, 5.41) is 0. The lowest BCUT2D eigenvalue weighted by molar-refractivity contribution is 0.0774. The fourth-order valence-electron chi connectivity index (χ4n) is 2.36. The molecule has 0 radical (unpaired) electrons. The number of halogens is 1. The molecule has 1 fully saturated rings. The molecule has 1 aromatic carbocycles. The number of hydrogen-bond donors (Lipinski definition) is 0. The van der Waals surface area contributed by atoms with Gasteiger partial charge in [-0.25, -0.2) is 0 Å². The van der Waals surface area contributed by atoms with Crippen LogP contribution in [0.25, 0.3) is 0 Å². The second-order valence-electron chi connectivity index (χ2n) is 4.84. The van der Waals surface area contributed by atoms with Crippen molar-refractivity contribution in [1.29, 1.82) is 0 Å². The molecule has 1 unspecified atom stereocenters. The van der Waals surface area contributed by atoms with E-state index in [9.17, 15) is 4.79 Å². The van der Waals surface area contributed by atoms with Gasteiger partial charge in [-0.05, 0) is 41.4 Å². The van der Waals surface area contributed by atoms with Crippen LogP contribution in [0.15, 0.2) is 22.7 Å². The largest absolute Gasteiger partial charge is 0.384 e. The van der Waals surface area contributed by atoms with Crippen molar-refractivity contribution in [2.75, 3.05) is 26.8 Å². The van der Waals surface area contributed by atoms with Crippen LogP contribution in [0.5, 0.6) is 0 Å². The summed E-state index contributed by atoms with van der Waals surface area (Å²) in [4.78, 5) is 14.3. The van der Waals surface area contributed by atoms with Crippen LogP contribution in [-0.2, 0) is 4.74 Å². The lowest BCUT2D eigenvalue weighted by atomic mass is 10.1. The van der Waals surface area contributed by atoms with Crippen molar-refractivity contribution in [2.24, 2.45) is 5.92 Å². The molecule has 0 bridgehead atoms. The number of carbonyl (C=O) groups excluding carboxylic acids is 1. The molecule has 4 heteroatoms. The van der Waals surface area contributed by atoms with E-state index in [4.69, 9.17) is 4.74 Å². The Hall–Kier alpha value is -0.870. The zero-order valence-corrected chi connectivity index (χ0v) is 12.4. The lowest BCUT2D eigenvalue weighted by Gasteiger charge is -2.17. The number of ether oxygens (including phenoxy) is 1. The highest BCUT2D eigenvalue weighted by molar-refractivity contribution is 9.10. The second-order valence-corrected chi connectivity index (χ2v) is 5.70. The summed E-state index contributed by atoms with van der Waals surface area (Å²) in [5.74, 6) is 0.590. The van der Waals surface area contributed by atoms with E-state index >= 15 is 0 Å². The van der Waals surface area contributed by atoms with Crippen LogP contribution in [0, 0.1) is 12.8 Å². The molecule has 0 aromatic heterocycles. The van der Waals surface area contributed by atoms with Crippen molar-refractivity contribution < 1.29 is 9.53 Å². The molecule has 1 aliphatic rings. The van der Waals surface area contributed by atoms with E-state index in [-0.39, 0.29) is 5.91 Å². The second kappa shape index (κ2) is 5.85. The van der Waals surface area contributed by atoms with Gasteiger partial charge in [0.05, 0.1) is 12.2 Å². The first kappa shape index (κ1) is 13.6. The van der Waals surface area contributed by atoms with Gasteiger partial charge >= 0.3 is 0 Å². The molecule has 1 aromatic rings. The number of carbonyl (C=O) groups is 1. The summed E-state index contributed by atoms with van der Waals surface area (Å²) in [7, 11) is 1.71. The van der Waals surface area contributed by atoms with Gasteiger partial charge < -0.3 is 9.64 Å². The van der Waals surface area contributed by atoms with Gasteiger partial charge in [0, 0.05) is 30.6 Å². The summed E-state index contributed by atoms with van der Waals surface area (Å²) < 4.78 is 6.02. The zero-order valence-electron chi connectivity index (χ0n) is 10.8. The third-order valence-corrected chi connectivity index (χ3v) is 4.02. The van der Waals surface area contributed by atoms with E-state index in [0.29, 0.717) is 5.92 Å². The highest BCUT2D eigenvalue weighted by atomic mass is 79.9. The molecule has 2 rings (SSSR count). The molecule has 98 valence electrons. The van der Waals surface area contributed by atoms with Crippen LogP contribution in [0.4, 0.5) is 0 Å². The standard InChI is InChI=1S/C14H18BrNO2/c1-10-3-4-13(15)12(7-10)14(17)16-6-5-11(8-16)9-18-2/h3-4,7,11H,5-6,8-9H2,1-2H3. The summed E-state index contributed by atoms with van der Waals surface area (Å²) in [5.41, 5.74) is 1.86. The molecule has 1 saturated heterocycles. The molecule has 1 atom stereocenters. The minimum absolute atomic E-state index is 0.115. The number of benzene rings is 1. The van der Waals surface area contributed by atoms with Crippen molar-refractivity contribution in [3.63, 3.8) is 0 Å². The maximum absolute atomic E-state index is 12.4. The van der Waals surface area contributed by atoms with Gasteiger partial charge in [-0.1, -0.05) is 11.6 Å². The molecule has 3 nitrogen and oxygen atoms in total. The van der Waals surface area contributed by atoms with Crippen molar-refractivity contribution >= 4 is 21.8 Å². The molecule has 0 N–H and O–H groups in total. The Bertz CT molecular complexity index is 447. The predicted molar refractivity (Wildman–Crippen MR) is 74.8 cm³/mol. The molecular formula is C14H18BrNO2. The quantitative estimate of drug-likeness (QED) is 0.859. The number of likely N-dealkylation sites (tertiary alicyclic amines) is 1. The maximum Gasteiger partial charge on any atom is 0.255 e. The number of hydrogen-bond acceptors (Lipinski definition) is 2. The van der Waals surface area contributed by atoms with Crippen LogP contribution in [0.2, 0.25) is 0 Å². The van der Waals surface area contributed by atoms with Crippen molar-refractivity contribution in [3.05, 3.63) is 33.8 Å². The number of aryl methyl sites for hydroxylation is 1. The molecule has 1 heterocycles. The Balaban J connectivity index is 2.10. The highest BCUT2D eigenvalue weighted by Crippen LogP contribution is 2.24. The van der Waals surface area contributed by atoms with E-state index in [0.717, 1.165) is 41.7 Å². The van der Waals surface area contributed by atoms with Crippen LogP contribution in [-0.4, -0.2) is 37.6 Å². The van der Waals surface area contributed by atoms with E-state index in [2.05, 4.69) is 15.9 Å². The summed E-state index contributed by atoms with van der Waals surface area (Å²) in [6, 6.07) is 5.87. The molecule has 0 aliphatic carbocycles. The molecule has 1 aliphatic heterocycles.